The van der Waals surface area contributed by atoms with E-state index in [2.05, 4.69) is 205 Å². The Labute approximate surface area is 288 Å². The molecule has 1 aliphatic rings. The van der Waals surface area contributed by atoms with Crippen LogP contribution < -0.4 is 0 Å². The van der Waals surface area contributed by atoms with Crippen LogP contribution in [0.1, 0.15) is 95.7 Å². The van der Waals surface area contributed by atoms with Gasteiger partial charge in [0.25, 0.3) is 0 Å². The largest absolute Gasteiger partial charge is 0.0823 e. The summed E-state index contributed by atoms with van der Waals surface area (Å²) in [5, 5.41) is 0. The fourth-order valence-electron chi connectivity index (χ4n) is 4.70. The van der Waals surface area contributed by atoms with Crippen LogP contribution >= 0.6 is 0 Å². The van der Waals surface area contributed by atoms with Gasteiger partial charge < -0.3 is 0 Å². The summed E-state index contributed by atoms with van der Waals surface area (Å²) in [7, 11) is 0. The summed E-state index contributed by atoms with van der Waals surface area (Å²) in [6.45, 7) is 19.8. The van der Waals surface area contributed by atoms with Crippen LogP contribution in [0.3, 0.4) is 0 Å². The van der Waals surface area contributed by atoms with Gasteiger partial charge in [0, 0.05) is 18.2 Å². The van der Waals surface area contributed by atoms with Crippen molar-refractivity contribution in [3.8, 4) is 35.5 Å². The zero-order valence-electron chi connectivity index (χ0n) is 29.7. The van der Waals surface area contributed by atoms with E-state index in [0.29, 0.717) is 16.7 Å². The first-order valence-corrected chi connectivity index (χ1v) is 16.2. The van der Waals surface area contributed by atoms with Gasteiger partial charge in [-0.05, 0) is 49.6 Å². The fraction of sp³-hybridized carbons (Fsp3) is 0.250. The van der Waals surface area contributed by atoms with Gasteiger partial charge in [-0.3, -0.25) is 0 Å². The van der Waals surface area contributed by atoms with Crippen molar-refractivity contribution in [2.45, 2.75) is 78.6 Å². The Hall–Kier alpha value is -5.76. The summed E-state index contributed by atoms with van der Waals surface area (Å²) in [5.74, 6) is 18.9. The lowest BCUT2D eigenvalue weighted by molar-refractivity contribution is 0.590. The minimum absolute atomic E-state index is 0.0530. The van der Waals surface area contributed by atoms with E-state index in [0.717, 1.165) is 16.7 Å². The van der Waals surface area contributed by atoms with E-state index in [1.165, 1.54) is 16.7 Å². The Balaban J connectivity index is 1.91. The molecule has 0 atom stereocenters. The van der Waals surface area contributed by atoms with Crippen molar-refractivity contribution < 1.29 is 0 Å². The van der Waals surface area contributed by atoms with Gasteiger partial charge in [0.05, 0.1) is 16.7 Å². The van der Waals surface area contributed by atoms with Gasteiger partial charge in [0.15, 0.2) is 0 Å². The van der Waals surface area contributed by atoms with Crippen molar-refractivity contribution in [1.29, 1.82) is 0 Å². The third kappa shape index (κ3) is 10.1. The molecule has 3 aromatic rings. The van der Waals surface area contributed by atoms with Gasteiger partial charge in [-0.2, -0.15) is 0 Å². The minimum atomic E-state index is 0.0530. The molecule has 0 amide bonds. The minimum Gasteiger partial charge on any atom is -0.0598 e. The Bertz CT molecular complexity index is 1920. The molecule has 0 bridgehead atoms. The summed E-state index contributed by atoms with van der Waals surface area (Å²) in [4.78, 5) is 0. The number of rotatable bonds is 3. The van der Waals surface area contributed by atoms with Gasteiger partial charge in [0.2, 0.25) is 0 Å². The quantitative estimate of drug-likeness (QED) is 0.202. The van der Waals surface area contributed by atoms with Crippen LogP contribution in [0.2, 0.25) is 0 Å². The van der Waals surface area contributed by atoms with Crippen LogP contribution in [0.25, 0.3) is 16.7 Å². The second-order valence-corrected chi connectivity index (χ2v) is 14.7. The van der Waals surface area contributed by atoms with E-state index in [1.54, 1.807) is 18.2 Å². The number of benzene rings is 3. The fourth-order valence-corrected chi connectivity index (χ4v) is 4.70. The van der Waals surface area contributed by atoms with Crippen LogP contribution in [0.4, 0.5) is 0 Å². The van der Waals surface area contributed by atoms with Crippen molar-refractivity contribution in [3.05, 3.63) is 159 Å². The lowest BCUT2D eigenvalue weighted by Gasteiger charge is -2.18. The van der Waals surface area contributed by atoms with Crippen molar-refractivity contribution >= 4 is 16.7 Å². The summed E-state index contributed by atoms with van der Waals surface area (Å²) < 4.78 is 0. The molecule has 0 heteroatoms. The highest BCUT2D eigenvalue weighted by Gasteiger charge is 2.15. The molecule has 3 aromatic carbocycles. The van der Waals surface area contributed by atoms with E-state index in [4.69, 9.17) is 0 Å². The molecule has 1 aliphatic carbocycles. The molecule has 0 aromatic heterocycles. The molecule has 0 aliphatic heterocycles. The van der Waals surface area contributed by atoms with Crippen LogP contribution in [0.15, 0.2) is 125 Å². The Kier molecular flexibility index (Phi) is 11.1. The maximum absolute atomic E-state index is 3.22. The number of hydrogen-bond acceptors (Lipinski definition) is 0. The molecule has 0 fully saturated rings. The van der Waals surface area contributed by atoms with E-state index < -0.39 is 0 Å². The predicted molar refractivity (Wildman–Crippen MR) is 204 cm³/mol. The molecule has 234 valence electrons. The zero-order chi connectivity index (χ0) is 34.8. The second kappa shape index (κ2) is 15.2. The summed E-state index contributed by atoms with van der Waals surface area (Å²) >= 11 is 0. The first-order valence-electron chi connectivity index (χ1n) is 16.2. The Morgan fingerprint density at radius 2 is 0.562 bits per heavy atom. The molecule has 0 unspecified atom stereocenters. The molecule has 0 saturated carbocycles. The number of allylic oxidation sites excluding steroid dienone is 6. The average Bonchev–Trinajstić information content (AvgIpc) is 3.03. The van der Waals surface area contributed by atoms with E-state index in [9.17, 15) is 0 Å². The third-order valence-electron chi connectivity index (χ3n) is 7.73. The van der Waals surface area contributed by atoms with Gasteiger partial charge in [-0.1, -0.05) is 205 Å². The van der Waals surface area contributed by atoms with E-state index in [-0.39, 0.29) is 16.2 Å². The maximum atomic E-state index is 3.22. The van der Waals surface area contributed by atoms with Gasteiger partial charge >= 0.3 is 0 Å². The van der Waals surface area contributed by atoms with Crippen LogP contribution in [0.5, 0.6) is 0 Å². The highest BCUT2D eigenvalue weighted by atomic mass is 14.2. The van der Waals surface area contributed by atoms with Crippen molar-refractivity contribution in [2.24, 2.45) is 0 Å². The van der Waals surface area contributed by atoms with E-state index in [1.807, 2.05) is 0 Å². The lowest BCUT2D eigenvalue weighted by atomic mass is 9.86. The van der Waals surface area contributed by atoms with E-state index >= 15 is 0 Å². The molecule has 48 heavy (non-hydrogen) atoms. The zero-order valence-corrected chi connectivity index (χ0v) is 29.7. The van der Waals surface area contributed by atoms with Crippen molar-refractivity contribution in [3.63, 3.8) is 0 Å². The Morgan fingerprint density at radius 1 is 0.333 bits per heavy atom. The smallest absolute Gasteiger partial charge is 0.0598 e. The summed E-state index contributed by atoms with van der Waals surface area (Å²) in [6, 6.07) is 25.3. The standard InChI is InChI=1S/C48H42/c1-46(2,3)43-31-25-40(26-32-43)37-19-13-10-15-21-38(41-27-33-44(34-28-41)47(4,5)6)23-17-12-18-24-39(22-16-11-14-20-37)42-29-35-45(36-30-42)48(7,8)9/h10-12,25-36H,1-9H3. The van der Waals surface area contributed by atoms with Gasteiger partial charge in [0.1, 0.15) is 0 Å². The molecule has 4 rings (SSSR count). The summed E-state index contributed by atoms with van der Waals surface area (Å²) in [6.07, 6.45) is 4.95. The molecular weight excluding hydrogens is 577 g/mol. The van der Waals surface area contributed by atoms with Gasteiger partial charge in [-0.25, -0.2) is 0 Å². The SMILES string of the molecule is CC(C)(C)c1ccc(C2=C=C=CC#CC(c3ccc(C(C)(C)C)cc3)=C=C=CC#CC(c3ccc(C(C)(C)C)cc3)=C=C=CC#C2)cc1. The normalized spacial score (nSPS) is 13.1. The second-order valence-electron chi connectivity index (χ2n) is 14.7. The van der Waals surface area contributed by atoms with Crippen LogP contribution in [-0.4, -0.2) is 0 Å². The first kappa shape index (κ1) is 35.1. The monoisotopic (exact) mass is 618 g/mol. The third-order valence-corrected chi connectivity index (χ3v) is 7.73. The maximum Gasteiger partial charge on any atom is 0.0823 e. The molecule has 0 heterocycles. The molecular formula is C48H42. The first-order chi connectivity index (χ1) is 22.7. The molecule has 0 saturated heterocycles. The number of hydrogen-bond donors (Lipinski definition) is 0. The summed E-state index contributed by atoms with van der Waals surface area (Å²) in [5.41, 5.74) is 27.8. The van der Waals surface area contributed by atoms with Gasteiger partial charge in [-0.15, -0.1) is 0 Å². The molecule has 0 spiro atoms. The van der Waals surface area contributed by atoms with Crippen molar-refractivity contribution in [1.82, 2.24) is 0 Å². The molecule has 0 nitrogen and oxygen atoms in total. The lowest BCUT2D eigenvalue weighted by Crippen LogP contribution is -2.10. The van der Waals surface area contributed by atoms with Crippen molar-refractivity contribution in [2.75, 3.05) is 0 Å². The van der Waals surface area contributed by atoms with Crippen LogP contribution in [0, 0.1) is 35.5 Å². The topological polar surface area (TPSA) is 0 Å². The Morgan fingerprint density at radius 3 is 0.771 bits per heavy atom. The highest BCUT2D eigenvalue weighted by Crippen LogP contribution is 2.26. The van der Waals surface area contributed by atoms with Crippen LogP contribution in [-0.2, 0) is 16.2 Å². The average molecular weight is 619 g/mol. The molecule has 0 radical (unpaired) electrons. The highest BCUT2D eigenvalue weighted by molar-refractivity contribution is 5.81. The predicted octanol–water partition coefficient (Wildman–Crippen LogP) is 11.1. The molecule has 0 N–H and O–H groups in total.